The van der Waals surface area contributed by atoms with Gasteiger partial charge in [0.25, 0.3) is 0 Å². The molecule has 2 N–H and O–H groups in total. The van der Waals surface area contributed by atoms with Crippen molar-refractivity contribution in [2.75, 3.05) is 17.7 Å². The maximum Gasteiger partial charge on any atom is 0.332 e. The predicted octanol–water partition coefficient (Wildman–Crippen LogP) is 0.476. The number of anilines is 2. The van der Waals surface area contributed by atoms with Crippen LogP contribution in [0.4, 0.5) is 17.5 Å². The number of aromatic nitrogens is 5. The lowest BCUT2D eigenvalue weighted by molar-refractivity contribution is -0.385. The average molecular weight is 278 g/mol. The molecule has 0 bridgehead atoms. The highest BCUT2D eigenvalue weighted by Gasteiger charge is 2.21. The third kappa shape index (κ3) is 2.79. The molecule has 0 spiro atoms. The van der Waals surface area contributed by atoms with Gasteiger partial charge in [0.2, 0.25) is 11.8 Å². The predicted molar refractivity (Wildman–Crippen MR) is 71.3 cm³/mol. The van der Waals surface area contributed by atoms with Gasteiger partial charge in [-0.25, -0.2) is 9.97 Å². The molecular formula is C10H14N8O2. The third-order valence-corrected chi connectivity index (χ3v) is 2.53. The molecule has 2 heterocycles. The smallest absolute Gasteiger partial charge is 0.332 e. The first-order chi connectivity index (χ1) is 9.51. The standard InChI is InChI=1S/C10H14N8O2/c1-6-8(18(19)20)9(15-10(11-2)14-6)12-4-7-13-5-17(3)16-7/h5H,4H2,1-3H3,(H2,11,12,14,15). The molecule has 10 nitrogen and oxygen atoms in total. The molecule has 2 aromatic rings. The normalized spacial score (nSPS) is 10.3. The van der Waals surface area contributed by atoms with Crippen molar-refractivity contribution in [1.29, 1.82) is 0 Å². The number of nitrogens with zero attached hydrogens (tertiary/aromatic N) is 6. The Balaban J connectivity index is 2.28. The van der Waals surface area contributed by atoms with E-state index in [-0.39, 0.29) is 23.7 Å². The number of nitro groups is 1. The summed E-state index contributed by atoms with van der Waals surface area (Å²) in [4.78, 5) is 22.7. The molecule has 0 aromatic carbocycles. The summed E-state index contributed by atoms with van der Waals surface area (Å²) in [7, 11) is 3.39. The van der Waals surface area contributed by atoms with E-state index in [0.717, 1.165) is 0 Å². The second kappa shape index (κ2) is 5.47. The first-order valence-electron chi connectivity index (χ1n) is 5.80. The summed E-state index contributed by atoms with van der Waals surface area (Å²) < 4.78 is 1.55. The van der Waals surface area contributed by atoms with Crippen LogP contribution >= 0.6 is 0 Å². The highest BCUT2D eigenvalue weighted by molar-refractivity contribution is 5.60. The molecule has 0 aliphatic rings. The van der Waals surface area contributed by atoms with Crippen molar-refractivity contribution >= 4 is 17.5 Å². The van der Waals surface area contributed by atoms with E-state index in [1.54, 1.807) is 32.0 Å². The topological polar surface area (TPSA) is 124 Å². The fourth-order valence-electron chi connectivity index (χ4n) is 1.65. The van der Waals surface area contributed by atoms with Gasteiger partial charge in [-0.1, -0.05) is 0 Å². The quantitative estimate of drug-likeness (QED) is 0.597. The molecule has 0 radical (unpaired) electrons. The SMILES string of the molecule is CNc1nc(C)c([N+](=O)[O-])c(NCc2ncn(C)n2)n1. The number of rotatable bonds is 5. The molecule has 0 atom stereocenters. The van der Waals surface area contributed by atoms with Crippen LogP contribution in [0.1, 0.15) is 11.5 Å². The number of hydrogen-bond acceptors (Lipinski definition) is 8. The van der Waals surface area contributed by atoms with E-state index in [1.807, 2.05) is 0 Å². The van der Waals surface area contributed by atoms with Gasteiger partial charge >= 0.3 is 5.69 Å². The molecule has 2 rings (SSSR count). The number of aryl methyl sites for hydroxylation is 2. The van der Waals surface area contributed by atoms with Gasteiger partial charge in [-0.3, -0.25) is 14.8 Å². The zero-order chi connectivity index (χ0) is 14.7. The van der Waals surface area contributed by atoms with Crippen molar-refractivity contribution in [1.82, 2.24) is 24.7 Å². The summed E-state index contributed by atoms with van der Waals surface area (Å²) in [6.07, 6.45) is 1.55. The van der Waals surface area contributed by atoms with Gasteiger partial charge in [-0.15, -0.1) is 0 Å². The number of hydrogen-bond donors (Lipinski definition) is 2. The zero-order valence-electron chi connectivity index (χ0n) is 11.3. The summed E-state index contributed by atoms with van der Waals surface area (Å²) in [5, 5.41) is 20.8. The molecule has 0 amide bonds. The van der Waals surface area contributed by atoms with Crippen LogP contribution in [-0.4, -0.2) is 36.7 Å². The monoisotopic (exact) mass is 278 g/mol. The molecule has 10 heteroatoms. The van der Waals surface area contributed by atoms with Crippen molar-refractivity contribution in [3.05, 3.63) is 28.0 Å². The minimum absolute atomic E-state index is 0.138. The lowest BCUT2D eigenvalue weighted by Crippen LogP contribution is -2.10. The van der Waals surface area contributed by atoms with Crippen LogP contribution in [0, 0.1) is 17.0 Å². The van der Waals surface area contributed by atoms with Gasteiger partial charge in [0.1, 0.15) is 12.0 Å². The lowest BCUT2D eigenvalue weighted by atomic mass is 10.3. The van der Waals surface area contributed by atoms with Gasteiger partial charge in [0.05, 0.1) is 11.5 Å². The van der Waals surface area contributed by atoms with Crippen molar-refractivity contribution in [2.24, 2.45) is 7.05 Å². The van der Waals surface area contributed by atoms with Crippen LogP contribution < -0.4 is 10.6 Å². The molecule has 0 saturated heterocycles. The summed E-state index contributed by atoms with van der Waals surface area (Å²) >= 11 is 0. The summed E-state index contributed by atoms with van der Waals surface area (Å²) in [6, 6.07) is 0. The van der Waals surface area contributed by atoms with E-state index in [1.165, 1.54) is 0 Å². The van der Waals surface area contributed by atoms with Gasteiger partial charge in [0, 0.05) is 14.1 Å². The highest BCUT2D eigenvalue weighted by atomic mass is 16.6. The van der Waals surface area contributed by atoms with Gasteiger partial charge in [-0.2, -0.15) is 10.1 Å². The number of nitrogens with one attached hydrogen (secondary N) is 2. The van der Waals surface area contributed by atoms with E-state index >= 15 is 0 Å². The van der Waals surface area contributed by atoms with E-state index in [4.69, 9.17) is 0 Å². The van der Waals surface area contributed by atoms with Crippen LogP contribution in [0.2, 0.25) is 0 Å². The second-order valence-electron chi connectivity index (χ2n) is 4.02. The maximum absolute atomic E-state index is 11.1. The minimum Gasteiger partial charge on any atom is -0.357 e. The molecule has 0 unspecified atom stereocenters. The Kier molecular flexibility index (Phi) is 3.73. The lowest BCUT2D eigenvalue weighted by Gasteiger charge is -2.08. The molecule has 0 saturated carbocycles. The van der Waals surface area contributed by atoms with Crippen molar-refractivity contribution in [3.8, 4) is 0 Å². The molecule has 0 aliphatic carbocycles. The molecule has 0 fully saturated rings. The Morgan fingerprint density at radius 2 is 2.20 bits per heavy atom. The molecule has 0 aliphatic heterocycles. The summed E-state index contributed by atoms with van der Waals surface area (Å²) in [5.74, 6) is 0.966. The molecule has 2 aromatic heterocycles. The Hall–Kier alpha value is -2.78. The van der Waals surface area contributed by atoms with Crippen LogP contribution in [0.15, 0.2) is 6.33 Å². The molecular weight excluding hydrogens is 264 g/mol. The maximum atomic E-state index is 11.1. The van der Waals surface area contributed by atoms with Crippen LogP contribution in [-0.2, 0) is 13.6 Å². The Morgan fingerprint density at radius 3 is 2.75 bits per heavy atom. The summed E-state index contributed by atoms with van der Waals surface area (Å²) in [5.41, 5.74) is 0.130. The van der Waals surface area contributed by atoms with Crippen molar-refractivity contribution in [2.45, 2.75) is 13.5 Å². The Morgan fingerprint density at radius 1 is 1.45 bits per heavy atom. The zero-order valence-corrected chi connectivity index (χ0v) is 11.3. The summed E-state index contributed by atoms with van der Waals surface area (Å²) in [6.45, 7) is 1.80. The van der Waals surface area contributed by atoms with Crippen LogP contribution in [0.25, 0.3) is 0 Å². The van der Waals surface area contributed by atoms with Gasteiger partial charge in [0.15, 0.2) is 5.82 Å². The fraction of sp³-hybridized carbons (Fsp3) is 0.400. The molecule has 20 heavy (non-hydrogen) atoms. The first kappa shape index (κ1) is 13.6. The minimum atomic E-state index is -0.511. The van der Waals surface area contributed by atoms with Gasteiger partial charge in [-0.05, 0) is 6.92 Å². The second-order valence-corrected chi connectivity index (χ2v) is 4.02. The van der Waals surface area contributed by atoms with Crippen molar-refractivity contribution in [3.63, 3.8) is 0 Å². The van der Waals surface area contributed by atoms with Gasteiger partial charge < -0.3 is 10.6 Å². The Bertz CT molecular complexity index is 638. The average Bonchev–Trinajstić information content (AvgIpc) is 2.81. The van der Waals surface area contributed by atoms with E-state index in [9.17, 15) is 10.1 Å². The van der Waals surface area contributed by atoms with Crippen LogP contribution in [0.3, 0.4) is 0 Å². The van der Waals surface area contributed by atoms with Crippen LogP contribution in [0.5, 0.6) is 0 Å². The van der Waals surface area contributed by atoms with E-state index in [0.29, 0.717) is 11.8 Å². The Labute approximate surface area is 114 Å². The van der Waals surface area contributed by atoms with Crippen molar-refractivity contribution < 1.29 is 4.92 Å². The third-order valence-electron chi connectivity index (χ3n) is 2.53. The van der Waals surface area contributed by atoms with E-state index in [2.05, 4.69) is 30.7 Å². The highest BCUT2D eigenvalue weighted by Crippen LogP contribution is 2.26. The fourth-order valence-corrected chi connectivity index (χ4v) is 1.65. The van der Waals surface area contributed by atoms with E-state index < -0.39 is 4.92 Å². The largest absolute Gasteiger partial charge is 0.357 e. The molecule has 106 valence electrons. The first-order valence-corrected chi connectivity index (χ1v) is 5.80.